The quantitative estimate of drug-likeness (QED) is 0.633. The zero-order valence-corrected chi connectivity index (χ0v) is 14.1. The first kappa shape index (κ1) is 17.4. The van der Waals surface area contributed by atoms with Crippen LogP contribution in [0.4, 0.5) is 5.82 Å². The fraction of sp³-hybridized carbons (Fsp3) is 0.100. The molecule has 1 radical (unpaired) electrons. The van der Waals surface area contributed by atoms with Crippen LogP contribution in [-0.4, -0.2) is 16.8 Å². The van der Waals surface area contributed by atoms with Crippen LogP contribution in [0.5, 0.6) is 0 Å². The number of anilines is 1. The standard InChI is InChI=1S/C20H19N4O2/c21-17-10-8-15(19(24-17)20(22)26)12-23-18(25)11-9-14-6-3-5-13-4-1-2-7-16(13)14/h1-8,10-11H,9,12H2,(H2,21,24)(H2,22,26)(H,23,25). The van der Waals surface area contributed by atoms with Gasteiger partial charge in [-0.2, -0.15) is 0 Å². The van der Waals surface area contributed by atoms with Gasteiger partial charge in [-0.05, 0) is 28.8 Å². The van der Waals surface area contributed by atoms with Crippen LogP contribution in [-0.2, 0) is 17.8 Å². The number of nitrogens with two attached hydrogens (primary N) is 2. The van der Waals surface area contributed by atoms with Gasteiger partial charge in [-0.1, -0.05) is 48.5 Å². The van der Waals surface area contributed by atoms with E-state index >= 15 is 0 Å². The maximum absolute atomic E-state index is 12.1. The normalized spacial score (nSPS) is 10.6. The van der Waals surface area contributed by atoms with Gasteiger partial charge in [0.05, 0.1) is 6.42 Å². The van der Waals surface area contributed by atoms with E-state index in [9.17, 15) is 9.59 Å². The number of primary amides is 1. The number of carbonyl (C=O) groups is 2. The molecular weight excluding hydrogens is 328 g/mol. The van der Waals surface area contributed by atoms with Gasteiger partial charge < -0.3 is 16.8 Å². The summed E-state index contributed by atoms with van der Waals surface area (Å²) < 4.78 is 0. The Morgan fingerprint density at radius 1 is 1.00 bits per heavy atom. The molecule has 6 heteroatoms. The van der Waals surface area contributed by atoms with E-state index in [2.05, 4.69) is 10.3 Å². The molecule has 6 nitrogen and oxygen atoms in total. The third-order valence-corrected chi connectivity index (χ3v) is 4.07. The number of nitrogen functional groups attached to an aromatic ring is 1. The van der Waals surface area contributed by atoms with Gasteiger partial charge >= 0.3 is 0 Å². The summed E-state index contributed by atoms with van der Waals surface area (Å²) in [6.45, 7) is 0.149. The number of carbonyl (C=O) groups excluding carboxylic acids is 2. The molecule has 1 aromatic heterocycles. The van der Waals surface area contributed by atoms with E-state index in [0.29, 0.717) is 12.0 Å². The molecule has 0 aliphatic heterocycles. The lowest BCUT2D eigenvalue weighted by Gasteiger charge is -2.09. The van der Waals surface area contributed by atoms with Crippen molar-refractivity contribution in [1.29, 1.82) is 0 Å². The van der Waals surface area contributed by atoms with Crippen molar-refractivity contribution in [2.24, 2.45) is 5.73 Å². The predicted molar refractivity (Wildman–Crippen MR) is 101 cm³/mol. The van der Waals surface area contributed by atoms with Crippen molar-refractivity contribution >= 4 is 28.4 Å². The van der Waals surface area contributed by atoms with Crippen LogP contribution in [0, 0.1) is 6.42 Å². The van der Waals surface area contributed by atoms with E-state index in [1.54, 1.807) is 18.6 Å². The van der Waals surface area contributed by atoms with E-state index in [4.69, 9.17) is 11.5 Å². The fourth-order valence-corrected chi connectivity index (χ4v) is 2.79. The van der Waals surface area contributed by atoms with Crippen LogP contribution in [0.15, 0.2) is 54.6 Å². The van der Waals surface area contributed by atoms with Gasteiger partial charge in [0.2, 0.25) is 5.91 Å². The molecule has 26 heavy (non-hydrogen) atoms. The molecule has 2 amide bonds. The van der Waals surface area contributed by atoms with Crippen molar-refractivity contribution in [2.75, 3.05) is 5.73 Å². The van der Waals surface area contributed by atoms with Crippen molar-refractivity contribution in [3.8, 4) is 0 Å². The monoisotopic (exact) mass is 347 g/mol. The van der Waals surface area contributed by atoms with Crippen molar-refractivity contribution in [2.45, 2.75) is 13.0 Å². The van der Waals surface area contributed by atoms with Crippen LogP contribution in [0.25, 0.3) is 10.8 Å². The Bertz CT molecular complexity index is 964. The Labute approximate surface area is 151 Å². The third kappa shape index (κ3) is 3.97. The summed E-state index contributed by atoms with van der Waals surface area (Å²) in [5.74, 6) is -0.706. The molecule has 131 valence electrons. The highest BCUT2D eigenvalue weighted by Crippen LogP contribution is 2.19. The van der Waals surface area contributed by atoms with Gasteiger partial charge in [0.25, 0.3) is 5.91 Å². The Kier molecular flexibility index (Phi) is 5.12. The molecular formula is C20H19N4O2. The summed E-state index contributed by atoms with van der Waals surface area (Å²) in [6, 6.07) is 17.3. The first-order valence-electron chi connectivity index (χ1n) is 8.17. The molecule has 0 aliphatic carbocycles. The summed E-state index contributed by atoms with van der Waals surface area (Å²) >= 11 is 0. The molecule has 0 atom stereocenters. The minimum atomic E-state index is -0.679. The van der Waals surface area contributed by atoms with E-state index in [0.717, 1.165) is 16.3 Å². The number of hydrogen-bond donors (Lipinski definition) is 3. The van der Waals surface area contributed by atoms with Crippen molar-refractivity contribution in [3.05, 3.63) is 77.8 Å². The average Bonchev–Trinajstić information content (AvgIpc) is 2.65. The van der Waals surface area contributed by atoms with Gasteiger partial charge in [0.15, 0.2) is 0 Å². The molecule has 2 aromatic carbocycles. The van der Waals surface area contributed by atoms with Gasteiger partial charge in [-0.3, -0.25) is 9.59 Å². The first-order valence-corrected chi connectivity index (χ1v) is 8.17. The fourth-order valence-electron chi connectivity index (χ4n) is 2.79. The second-order valence-electron chi connectivity index (χ2n) is 5.87. The Balaban J connectivity index is 1.62. The molecule has 3 aromatic rings. The number of aromatic nitrogens is 1. The molecule has 0 aliphatic rings. The van der Waals surface area contributed by atoms with Gasteiger partial charge in [0.1, 0.15) is 11.5 Å². The zero-order valence-electron chi connectivity index (χ0n) is 14.1. The topological polar surface area (TPSA) is 111 Å². The Morgan fingerprint density at radius 3 is 2.58 bits per heavy atom. The van der Waals surface area contributed by atoms with Gasteiger partial charge in [0, 0.05) is 12.1 Å². The number of hydrogen-bond acceptors (Lipinski definition) is 4. The molecule has 0 saturated carbocycles. The smallest absolute Gasteiger partial charge is 0.267 e. The van der Waals surface area contributed by atoms with E-state index in [1.165, 1.54) is 0 Å². The molecule has 0 bridgehead atoms. The summed E-state index contributed by atoms with van der Waals surface area (Å²) in [6.07, 6.45) is 2.09. The summed E-state index contributed by atoms with van der Waals surface area (Å²) in [5, 5.41) is 5.01. The molecule has 0 saturated heterocycles. The zero-order chi connectivity index (χ0) is 18.5. The highest BCUT2D eigenvalue weighted by Gasteiger charge is 2.12. The van der Waals surface area contributed by atoms with Crippen molar-refractivity contribution in [1.82, 2.24) is 10.3 Å². The largest absolute Gasteiger partial charge is 0.384 e. The molecule has 0 spiro atoms. The van der Waals surface area contributed by atoms with Crippen LogP contribution in [0.3, 0.4) is 0 Å². The first-order chi connectivity index (χ1) is 12.5. The highest BCUT2D eigenvalue weighted by atomic mass is 16.2. The van der Waals surface area contributed by atoms with Crippen LogP contribution < -0.4 is 16.8 Å². The predicted octanol–water partition coefficient (Wildman–Crippen LogP) is 1.98. The maximum Gasteiger partial charge on any atom is 0.267 e. The van der Waals surface area contributed by atoms with Crippen LogP contribution in [0.1, 0.15) is 21.6 Å². The number of pyridine rings is 1. The second kappa shape index (κ2) is 7.65. The summed E-state index contributed by atoms with van der Waals surface area (Å²) in [7, 11) is 0. The number of fused-ring (bicyclic) bond motifs is 1. The molecule has 3 rings (SSSR count). The third-order valence-electron chi connectivity index (χ3n) is 4.07. The van der Waals surface area contributed by atoms with Crippen LogP contribution >= 0.6 is 0 Å². The van der Waals surface area contributed by atoms with E-state index < -0.39 is 5.91 Å². The number of benzene rings is 2. The molecule has 0 unspecified atom stereocenters. The van der Waals surface area contributed by atoms with E-state index in [1.807, 2.05) is 42.5 Å². The SMILES string of the molecule is NC(=O)c1nc(N)ccc1CNC(=O)[CH]Cc1cccc2ccccc12. The maximum atomic E-state index is 12.1. The Morgan fingerprint density at radius 2 is 1.77 bits per heavy atom. The average molecular weight is 347 g/mol. The lowest BCUT2D eigenvalue weighted by Crippen LogP contribution is -2.26. The van der Waals surface area contributed by atoms with Gasteiger partial charge in [-0.25, -0.2) is 4.98 Å². The number of nitrogens with zero attached hydrogens (tertiary/aromatic N) is 1. The van der Waals surface area contributed by atoms with E-state index in [-0.39, 0.29) is 24.0 Å². The highest BCUT2D eigenvalue weighted by molar-refractivity contribution is 5.93. The van der Waals surface area contributed by atoms with Crippen molar-refractivity contribution in [3.63, 3.8) is 0 Å². The molecule has 1 heterocycles. The van der Waals surface area contributed by atoms with Crippen LogP contribution in [0.2, 0.25) is 0 Å². The van der Waals surface area contributed by atoms with Crippen molar-refractivity contribution < 1.29 is 9.59 Å². The number of rotatable bonds is 6. The number of nitrogens with one attached hydrogen (secondary N) is 1. The van der Waals surface area contributed by atoms with Gasteiger partial charge in [-0.15, -0.1) is 0 Å². The summed E-state index contributed by atoms with van der Waals surface area (Å²) in [4.78, 5) is 27.5. The Hall–Kier alpha value is -3.41. The lowest BCUT2D eigenvalue weighted by molar-refractivity contribution is -0.118. The lowest BCUT2D eigenvalue weighted by atomic mass is 10.0. The number of amides is 2. The second-order valence-corrected chi connectivity index (χ2v) is 5.87. The molecule has 5 N–H and O–H groups in total. The summed E-state index contributed by atoms with van der Waals surface area (Å²) in [5.41, 5.74) is 12.5. The molecule has 0 fully saturated rings. The minimum absolute atomic E-state index is 0.0688. The minimum Gasteiger partial charge on any atom is -0.384 e.